The van der Waals surface area contributed by atoms with Crippen molar-refractivity contribution in [3.05, 3.63) is 0 Å². The molecule has 0 spiro atoms. The summed E-state index contributed by atoms with van der Waals surface area (Å²) in [6.45, 7) is 10.2. The van der Waals surface area contributed by atoms with Gasteiger partial charge < -0.3 is 20.1 Å². The minimum absolute atomic E-state index is 0.00423. The average Bonchev–Trinajstić information content (AvgIpc) is 2.45. The lowest BCUT2D eigenvalue weighted by Gasteiger charge is -2.40. The van der Waals surface area contributed by atoms with Gasteiger partial charge in [-0.3, -0.25) is 4.79 Å². The Balaban J connectivity index is 1.83. The predicted octanol–water partition coefficient (Wildman–Crippen LogP) is 0.932. The Bertz CT molecular complexity index is 322. The number of carbonyl (C=O) groups is 1. The highest BCUT2D eigenvalue weighted by Crippen LogP contribution is 2.33. The van der Waals surface area contributed by atoms with Crippen LogP contribution in [0.5, 0.6) is 0 Å². The summed E-state index contributed by atoms with van der Waals surface area (Å²) in [4.78, 5) is 12.1. The van der Waals surface area contributed by atoms with E-state index < -0.39 is 0 Å². The fraction of sp³-hybridized carbons (Fsp3) is 0.933. The number of rotatable bonds is 3. The molecule has 5 nitrogen and oxygen atoms in total. The molecule has 0 radical (unpaired) electrons. The third-order valence-electron chi connectivity index (χ3n) is 4.06. The lowest BCUT2D eigenvalue weighted by Crippen LogP contribution is -2.51. The molecule has 0 bridgehead atoms. The third kappa shape index (κ3) is 4.17. The smallest absolute Gasteiger partial charge is 0.250 e. The van der Waals surface area contributed by atoms with E-state index in [2.05, 4.69) is 31.4 Å². The molecule has 1 amide bonds. The molecule has 0 saturated carbocycles. The quantitative estimate of drug-likeness (QED) is 0.809. The summed E-state index contributed by atoms with van der Waals surface area (Å²) in [6.07, 6.45) is 2.06. The SMILES string of the molecule is CC(C)(C)C1OCCCC1CNC(=O)C1CNCCO1. The first-order valence-corrected chi connectivity index (χ1v) is 7.70. The molecule has 0 aliphatic carbocycles. The number of hydrogen-bond acceptors (Lipinski definition) is 4. The van der Waals surface area contributed by atoms with Gasteiger partial charge in [0, 0.05) is 32.2 Å². The first-order valence-electron chi connectivity index (χ1n) is 7.70. The van der Waals surface area contributed by atoms with Gasteiger partial charge in [0.25, 0.3) is 0 Å². The van der Waals surface area contributed by atoms with Gasteiger partial charge in [-0.2, -0.15) is 0 Å². The third-order valence-corrected chi connectivity index (χ3v) is 4.06. The molecule has 3 atom stereocenters. The van der Waals surface area contributed by atoms with E-state index in [1.807, 2.05) is 0 Å². The van der Waals surface area contributed by atoms with E-state index in [9.17, 15) is 4.79 Å². The van der Waals surface area contributed by atoms with E-state index in [0.717, 1.165) is 26.0 Å². The number of ether oxygens (including phenoxy) is 2. The van der Waals surface area contributed by atoms with Crippen LogP contribution in [0, 0.1) is 11.3 Å². The van der Waals surface area contributed by atoms with Gasteiger partial charge in [0.15, 0.2) is 0 Å². The molecule has 2 rings (SSSR count). The second-order valence-corrected chi connectivity index (χ2v) is 6.87. The number of carbonyl (C=O) groups excluding carboxylic acids is 1. The van der Waals surface area contributed by atoms with Crippen LogP contribution in [0.25, 0.3) is 0 Å². The van der Waals surface area contributed by atoms with Crippen LogP contribution < -0.4 is 10.6 Å². The van der Waals surface area contributed by atoms with Gasteiger partial charge in [-0.25, -0.2) is 0 Å². The molecule has 2 fully saturated rings. The molecule has 2 heterocycles. The largest absolute Gasteiger partial charge is 0.377 e. The lowest BCUT2D eigenvalue weighted by molar-refractivity contribution is -0.135. The van der Waals surface area contributed by atoms with Crippen LogP contribution in [-0.4, -0.2) is 51.0 Å². The van der Waals surface area contributed by atoms with E-state index in [4.69, 9.17) is 9.47 Å². The molecule has 0 aromatic rings. The molecule has 0 aromatic carbocycles. The zero-order valence-corrected chi connectivity index (χ0v) is 12.9. The van der Waals surface area contributed by atoms with Gasteiger partial charge in [0.2, 0.25) is 5.91 Å². The zero-order valence-electron chi connectivity index (χ0n) is 12.9. The van der Waals surface area contributed by atoms with Crippen molar-refractivity contribution < 1.29 is 14.3 Å². The van der Waals surface area contributed by atoms with Crippen LogP contribution in [0.1, 0.15) is 33.6 Å². The molecule has 5 heteroatoms. The highest BCUT2D eigenvalue weighted by molar-refractivity contribution is 5.81. The molecule has 2 saturated heterocycles. The minimum atomic E-state index is -0.346. The Kier molecular flexibility index (Phi) is 5.41. The molecule has 20 heavy (non-hydrogen) atoms. The second kappa shape index (κ2) is 6.87. The Labute approximate surface area is 121 Å². The average molecular weight is 284 g/mol. The topological polar surface area (TPSA) is 59.6 Å². The van der Waals surface area contributed by atoms with Crippen LogP contribution >= 0.6 is 0 Å². The van der Waals surface area contributed by atoms with Crippen molar-refractivity contribution in [3.63, 3.8) is 0 Å². The molecule has 3 unspecified atom stereocenters. The zero-order chi connectivity index (χ0) is 14.6. The standard InChI is InChI=1S/C15H28N2O3/c1-15(2,3)13-11(5-4-7-20-13)9-17-14(18)12-10-16-6-8-19-12/h11-13,16H,4-10H2,1-3H3,(H,17,18). The lowest BCUT2D eigenvalue weighted by atomic mass is 9.78. The van der Waals surface area contributed by atoms with Crippen molar-refractivity contribution >= 4 is 5.91 Å². The highest BCUT2D eigenvalue weighted by Gasteiger charge is 2.35. The fourth-order valence-electron chi connectivity index (χ4n) is 3.09. The van der Waals surface area contributed by atoms with E-state index in [1.165, 1.54) is 0 Å². The van der Waals surface area contributed by atoms with Gasteiger partial charge in [0.05, 0.1) is 12.7 Å². The normalized spacial score (nSPS) is 31.9. The van der Waals surface area contributed by atoms with Gasteiger partial charge in [-0.1, -0.05) is 20.8 Å². The predicted molar refractivity (Wildman–Crippen MR) is 77.5 cm³/mol. The van der Waals surface area contributed by atoms with Crippen LogP contribution in [-0.2, 0) is 14.3 Å². The summed E-state index contributed by atoms with van der Waals surface area (Å²) >= 11 is 0. The van der Waals surface area contributed by atoms with E-state index in [-0.39, 0.29) is 23.5 Å². The van der Waals surface area contributed by atoms with Crippen LogP contribution in [0.2, 0.25) is 0 Å². The minimum Gasteiger partial charge on any atom is -0.377 e. The molecule has 2 N–H and O–H groups in total. The number of amides is 1. The van der Waals surface area contributed by atoms with Crippen molar-refractivity contribution in [1.82, 2.24) is 10.6 Å². The van der Waals surface area contributed by atoms with Gasteiger partial charge >= 0.3 is 0 Å². The van der Waals surface area contributed by atoms with Crippen molar-refractivity contribution in [1.29, 1.82) is 0 Å². The summed E-state index contributed by atoms with van der Waals surface area (Å²) in [7, 11) is 0. The Morgan fingerprint density at radius 3 is 2.75 bits per heavy atom. The Hall–Kier alpha value is -0.650. The summed E-state index contributed by atoms with van der Waals surface area (Å²) in [5.41, 5.74) is 0.110. The van der Waals surface area contributed by atoms with Crippen LogP contribution in [0.3, 0.4) is 0 Å². The van der Waals surface area contributed by atoms with E-state index >= 15 is 0 Å². The van der Waals surface area contributed by atoms with Crippen LogP contribution in [0.4, 0.5) is 0 Å². The molecular weight excluding hydrogens is 256 g/mol. The maximum atomic E-state index is 12.1. The fourth-order valence-corrected chi connectivity index (χ4v) is 3.09. The summed E-state index contributed by atoms with van der Waals surface area (Å²) in [5.74, 6) is 0.389. The monoisotopic (exact) mass is 284 g/mol. The highest BCUT2D eigenvalue weighted by atomic mass is 16.5. The van der Waals surface area contributed by atoms with E-state index in [0.29, 0.717) is 25.6 Å². The number of morpholine rings is 1. The first kappa shape index (κ1) is 15.7. The molecule has 2 aliphatic rings. The summed E-state index contributed by atoms with van der Waals surface area (Å²) < 4.78 is 11.4. The maximum Gasteiger partial charge on any atom is 0.250 e. The van der Waals surface area contributed by atoms with Gasteiger partial charge in [-0.15, -0.1) is 0 Å². The Morgan fingerprint density at radius 1 is 1.30 bits per heavy atom. The summed E-state index contributed by atoms with van der Waals surface area (Å²) in [6, 6.07) is 0. The first-order chi connectivity index (χ1) is 9.48. The molecule has 116 valence electrons. The Morgan fingerprint density at radius 2 is 2.10 bits per heavy atom. The van der Waals surface area contributed by atoms with Crippen molar-refractivity contribution in [2.45, 2.75) is 45.8 Å². The van der Waals surface area contributed by atoms with Gasteiger partial charge in [-0.05, 0) is 18.3 Å². The van der Waals surface area contributed by atoms with Crippen molar-refractivity contribution in [3.8, 4) is 0 Å². The van der Waals surface area contributed by atoms with Crippen molar-refractivity contribution in [2.75, 3.05) is 32.8 Å². The number of hydrogen-bond donors (Lipinski definition) is 2. The van der Waals surface area contributed by atoms with Gasteiger partial charge in [0.1, 0.15) is 6.10 Å². The number of nitrogens with one attached hydrogen (secondary N) is 2. The van der Waals surface area contributed by atoms with Crippen molar-refractivity contribution in [2.24, 2.45) is 11.3 Å². The molecular formula is C15H28N2O3. The molecule has 0 aromatic heterocycles. The molecule has 2 aliphatic heterocycles. The summed E-state index contributed by atoms with van der Waals surface area (Å²) in [5, 5.41) is 6.22. The van der Waals surface area contributed by atoms with E-state index in [1.54, 1.807) is 0 Å². The maximum absolute atomic E-state index is 12.1. The van der Waals surface area contributed by atoms with Crippen LogP contribution in [0.15, 0.2) is 0 Å². The second-order valence-electron chi connectivity index (χ2n) is 6.87.